The molecule has 0 bridgehead atoms. The summed E-state index contributed by atoms with van der Waals surface area (Å²) in [4.78, 5) is 30.3. The van der Waals surface area contributed by atoms with Crippen LogP contribution in [-0.4, -0.2) is 45.9 Å². The third-order valence-corrected chi connectivity index (χ3v) is 7.28. The molecule has 9 heteroatoms. The van der Waals surface area contributed by atoms with Gasteiger partial charge in [-0.3, -0.25) is 4.79 Å². The number of hydrogen-bond donors (Lipinski definition) is 3. The zero-order chi connectivity index (χ0) is 27.5. The van der Waals surface area contributed by atoms with E-state index >= 15 is 0 Å². The standard InChI is InChI=1S/C30H31N3O6/c1-38-25-15-11-19(17-26(25)39-2)27(30(36)37)32-29(35)20-10-14-24-23(16-20)31-28(18-8-12-22(34)13-9-18)33(24)21-6-4-3-5-7-21/h8-17,21,27,34H,3-7H2,1-2H3,(H,32,35)(H,36,37). The van der Waals surface area contributed by atoms with Crippen molar-refractivity contribution in [3.63, 3.8) is 0 Å². The van der Waals surface area contributed by atoms with Crippen molar-refractivity contribution < 1.29 is 29.3 Å². The zero-order valence-corrected chi connectivity index (χ0v) is 21.9. The van der Waals surface area contributed by atoms with Crippen molar-refractivity contribution in [2.24, 2.45) is 0 Å². The average Bonchev–Trinajstić information content (AvgIpc) is 3.35. The molecule has 4 aromatic rings. The topological polar surface area (TPSA) is 123 Å². The lowest BCUT2D eigenvalue weighted by Crippen LogP contribution is -2.33. The van der Waals surface area contributed by atoms with E-state index < -0.39 is 17.9 Å². The molecule has 1 fully saturated rings. The Morgan fingerprint density at radius 3 is 2.33 bits per heavy atom. The molecule has 1 aromatic heterocycles. The highest BCUT2D eigenvalue weighted by Crippen LogP contribution is 2.37. The number of nitrogens with one attached hydrogen (secondary N) is 1. The molecule has 202 valence electrons. The number of rotatable bonds is 8. The largest absolute Gasteiger partial charge is 0.508 e. The second kappa shape index (κ2) is 11.1. The molecular weight excluding hydrogens is 498 g/mol. The number of phenolic OH excluding ortho intramolecular Hbond substituents is 1. The SMILES string of the molecule is COc1ccc(C(NC(=O)c2ccc3c(c2)nc(-c2ccc(O)cc2)n3C2CCCCC2)C(=O)O)cc1OC. The van der Waals surface area contributed by atoms with Gasteiger partial charge >= 0.3 is 5.97 Å². The Morgan fingerprint density at radius 2 is 1.67 bits per heavy atom. The second-order valence-electron chi connectivity index (χ2n) is 9.71. The molecule has 1 aliphatic rings. The molecule has 0 aliphatic heterocycles. The molecule has 1 saturated carbocycles. The van der Waals surface area contributed by atoms with Gasteiger partial charge < -0.3 is 29.6 Å². The first-order valence-electron chi connectivity index (χ1n) is 13.0. The molecule has 0 spiro atoms. The number of benzene rings is 3. The van der Waals surface area contributed by atoms with Crippen molar-refractivity contribution in [1.82, 2.24) is 14.9 Å². The van der Waals surface area contributed by atoms with E-state index in [-0.39, 0.29) is 11.8 Å². The van der Waals surface area contributed by atoms with Crippen molar-refractivity contribution in [3.05, 3.63) is 71.8 Å². The Labute approximate surface area is 226 Å². The third kappa shape index (κ3) is 5.25. The highest BCUT2D eigenvalue weighted by Gasteiger charge is 2.26. The van der Waals surface area contributed by atoms with Crippen LogP contribution in [0.4, 0.5) is 0 Å². The fraction of sp³-hybridized carbons (Fsp3) is 0.300. The van der Waals surface area contributed by atoms with Crippen LogP contribution in [0.15, 0.2) is 60.7 Å². The van der Waals surface area contributed by atoms with Crippen LogP contribution >= 0.6 is 0 Å². The Bertz CT molecular complexity index is 1510. The number of methoxy groups -OCH3 is 2. The number of imidazole rings is 1. The van der Waals surface area contributed by atoms with Gasteiger partial charge in [-0.25, -0.2) is 9.78 Å². The summed E-state index contributed by atoms with van der Waals surface area (Å²) < 4.78 is 12.8. The van der Waals surface area contributed by atoms with E-state index in [1.54, 1.807) is 36.4 Å². The van der Waals surface area contributed by atoms with E-state index in [9.17, 15) is 19.8 Å². The first kappa shape index (κ1) is 26.1. The minimum atomic E-state index is -1.29. The van der Waals surface area contributed by atoms with Crippen molar-refractivity contribution in [3.8, 4) is 28.6 Å². The van der Waals surface area contributed by atoms with Crippen LogP contribution in [0, 0.1) is 0 Å². The van der Waals surface area contributed by atoms with Gasteiger partial charge in [-0.05, 0) is 73.0 Å². The van der Waals surface area contributed by atoms with Gasteiger partial charge in [0.05, 0.1) is 25.3 Å². The second-order valence-corrected chi connectivity index (χ2v) is 9.71. The summed E-state index contributed by atoms with van der Waals surface area (Å²) in [6, 6.07) is 15.9. The van der Waals surface area contributed by atoms with Gasteiger partial charge in [0, 0.05) is 17.2 Å². The number of carboxylic acids is 1. The molecule has 39 heavy (non-hydrogen) atoms. The summed E-state index contributed by atoms with van der Waals surface area (Å²) in [5, 5.41) is 22.3. The van der Waals surface area contributed by atoms with Crippen LogP contribution in [0.5, 0.6) is 17.2 Å². The quantitative estimate of drug-likeness (QED) is 0.276. The van der Waals surface area contributed by atoms with Crippen LogP contribution < -0.4 is 14.8 Å². The highest BCUT2D eigenvalue weighted by molar-refractivity contribution is 5.99. The van der Waals surface area contributed by atoms with Gasteiger partial charge in [0.2, 0.25) is 0 Å². The zero-order valence-electron chi connectivity index (χ0n) is 21.9. The number of aromatic hydroxyl groups is 1. The maximum absolute atomic E-state index is 13.3. The molecule has 9 nitrogen and oxygen atoms in total. The predicted octanol–water partition coefficient (Wildman–Crippen LogP) is 5.49. The molecule has 0 radical (unpaired) electrons. The van der Waals surface area contributed by atoms with E-state index in [0.29, 0.717) is 28.1 Å². The molecule has 1 heterocycles. The van der Waals surface area contributed by atoms with Crippen LogP contribution in [0.25, 0.3) is 22.4 Å². The Morgan fingerprint density at radius 1 is 0.949 bits per heavy atom. The van der Waals surface area contributed by atoms with Crippen molar-refractivity contribution in [2.45, 2.75) is 44.2 Å². The lowest BCUT2D eigenvalue weighted by atomic mass is 9.94. The van der Waals surface area contributed by atoms with E-state index in [0.717, 1.165) is 42.6 Å². The molecule has 1 aliphatic carbocycles. The van der Waals surface area contributed by atoms with E-state index in [1.807, 2.05) is 18.2 Å². The number of fused-ring (bicyclic) bond motifs is 1. The maximum Gasteiger partial charge on any atom is 0.330 e. The number of carbonyl (C=O) groups excluding carboxylic acids is 1. The molecule has 0 saturated heterocycles. The van der Waals surface area contributed by atoms with Crippen LogP contribution in [0.1, 0.15) is 60.1 Å². The molecule has 1 amide bonds. The van der Waals surface area contributed by atoms with Gasteiger partial charge in [0.25, 0.3) is 5.91 Å². The Kier molecular flexibility index (Phi) is 7.40. The smallest absolute Gasteiger partial charge is 0.330 e. The highest BCUT2D eigenvalue weighted by atomic mass is 16.5. The number of nitrogens with zero attached hydrogens (tertiary/aromatic N) is 2. The number of carbonyl (C=O) groups is 2. The van der Waals surface area contributed by atoms with Gasteiger partial charge in [-0.1, -0.05) is 25.3 Å². The van der Waals surface area contributed by atoms with Gasteiger partial charge in [-0.15, -0.1) is 0 Å². The lowest BCUT2D eigenvalue weighted by molar-refractivity contribution is -0.139. The number of carboxylic acid groups (broad SMARTS) is 1. The first-order valence-corrected chi connectivity index (χ1v) is 13.0. The third-order valence-electron chi connectivity index (χ3n) is 7.28. The minimum absolute atomic E-state index is 0.181. The number of aliphatic carboxylic acids is 1. The van der Waals surface area contributed by atoms with Gasteiger partial charge in [-0.2, -0.15) is 0 Å². The first-order chi connectivity index (χ1) is 18.9. The summed E-state index contributed by atoms with van der Waals surface area (Å²) in [5.41, 5.74) is 3.09. The summed E-state index contributed by atoms with van der Waals surface area (Å²) >= 11 is 0. The molecule has 1 atom stereocenters. The van der Waals surface area contributed by atoms with Gasteiger partial charge in [0.15, 0.2) is 17.5 Å². The summed E-state index contributed by atoms with van der Waals surface area (Å²) in [6.07, 6.45) is 5.60. The fourth-order valence-electron chi connectivity index (χ4n) is 5.30. The monoisotopic (exact) mass is 529 g/mol. The Balaban J connectivity index is 1.50. The molecule has 3 aromatic carbocycles. The number of ether oxygens (including phenoxy) is 2. The Hall–Kier alpha value is -4.53. The summed E-state index contributed by atoms with van der Waals surface area (Å²) in [5.74, 6) is 0.0566. The molecular formula is C30H31N3O6. The fourth-order valence-corrected chi connectivity index (χ4v) is 5.30. The van der Waals surface area contributed by atoms with Crippen LogP contribution in [-0.2, 0) is 4.79 Å². The van der Waals surface area contributed by atoms with E-state index in [1.165, 1.54) is 26.7 Å². The number of phenols is 1. The number of amides is 1. The van der Waals surface area contributed by atoms with Crippen LogP contribution in [0.3, 0.4) is 0 Å². The molecule has 1 unspecified atom stereocenters. The van der Waals surface area contributed by atoms with Crippen LogP contribution in [0.2, 0.25) is 0 Å². The van der Waals surface area contributed by atoms with E-state index in [4.69, 9.17) is 14.5 Å². The van der Waals surface area contributed by atoms with E-state index in [2.05, 4.69) is 9.88 Å². The summed E-state index contributed by atoms with van der Waals surface area (Å²) in [6.45, 7) is 0. The van der Waals surface area contributed by atoms with Gasteiger partial charge in [0.1, 0.15) is 11.6 Å². The maximum atomic E-state index is 13.3. The lowest BCUT2D eigenvalue weighted by Gasteiger charge is -2.25. The minimum Gasteiger partial charge on any atom is -0.508 e. The average molecular weight is 530 g/mol. The normalized spacial score (nSPS) is 14.6. The molecule has 5 rings (SSSR count). The predicted molar refractivity (Wildman–Crippen MR) is 146 cm³/mol. The van der Waals surface area contributed by atoms with Crippen molar-refractivity contribution in [1.29, 1.82) is 0 Å². The summed E-state index contributed by atoms with van der Waals surface area (Å²) in [7, 11) is 2.96. The number of hydrogen-bond acceptors (Lipinski definition) is 6. The van der Waals surface area contributed by atoms with Crippen molar-refractivity contribution >= 4 is 22.9 Å². The molecule has 3 N–H and O–H groups in total. The number of aromatic nitrogens is 2. The van der Waals surface area contributed by atoms with Crippen molar-refractivity contribution in [2.75, 3.05) is 14.2 Å².